The number of hydrogen-bond acceptors (Lipinski definition) is 3. The zero-order valence-electron chi connectivity index (χ0n) is 14.6. The number of fused-ring (bicyclic) bond motifs is 1. The highest BCUT2D eigenvalue weighted by atomic mass is 16.2. The second kappa shape index (κ2) is 6.53. The average Bonchev–Trinajstić information content (AvgIpc) is 2.92. The van der Waals surface area contributed by atoms with Crippen molar-refractivity contribution in [1.82, 2.24) is 4.90 Å². The number of anilines is 1. The van der Waals surface area contributed by atoms with Gasteiger partial charge in [0.25, 0.3) is 17.7 Å². The first-order valence-electron chi connectivity index (χ1n) is 8.48. The van der Waals surface area contributed by atoms with Gasteiger partial charge >= 0.3 is 0 Å². The quantitative estimate of drug-likeness (QED) is 0.725. The smallest absolute Gasteiger partial charge is 0.261 e. The van der Waals surface area contributed by atoms with Gasteiger partial charge in [-0.2, -0.15) is 0 Å². The van der Waals surface area contributed by atoms with E-state index >= 15 is 0 Å². The van der Waals surface area contributed by atoms with Crippen LogP contribution in [0.2, 0.25) is 0 Å². The first-order chi connectivity index (χ1) is 13.1. The molecular weight excluding hydrogens is 340 g/mol. The van der Waals surface area contributed by atoms with Gasteiger partial charge in [0.2, 0.25) is 0 Å². The number of nitrogens with zero attached hydrogens (tertiary/aromatic N) is 1. The molecule has 0 aromatic heterocycles. The van der Waals surface area contributed by atoms with Crippen molar-refractivity contribution in [2.45, 2.75) is 0 Å². The van der Waals surface area contributed by atoms with Crippen molar-refractivity contribution < 1.29 is 14.4 Å². The molecule has 0 saturated heterocycles. The summed E-state index contributed by atoms with van der Waals surface area (Å²) in [5.41, 5.74) is 3.42. The lowest BCUT2D eigenvalue weighted by Gasteiger charge is -2.11. The van der Waals surface area contributed by atoms with Gasteiger partial charge in [-0.15, -0.1) is 0 Å². The highest BCUT2D eigenvalue weighted by Gasteiger charge is 2.32. The van der Waals surface area contributed by atoms with E-state index < -0.39 is 0 Å². The van der Waals surface area contributed by atoms with Crippen LogP contribution in [-0.2, 0) is 0 Å². The summed E-state index contributed by atoms with van der Waals surface area (Å²) >= 11 is 0. The number of amides is 3. The van der Waals surface area contributed by atoms with E-state index in [0.29, 0.717) is 22.4 Å². The monoisotopic (exact) mass is 356 g/mol. The molecule has 132 valence electrons. The van der Waals surface area contributed by atoms with Gasteiger partial charge in [0.15, 0.2) is 0 Å². The molecule has 0 aliphatic carbocycles. The first kappa shape index (κ1) is 16.7. The van der Waals surface area contributed by atoms with E-state index in [0.717, 1.165) is 16.0 Å². The number of rotatable bonds is 3. The first-order valence-corrected chi connectivity index (χ1v) is 8.48. The number of benzene rings is 3. The molecule has 3 aromatic carbocycles. The zero-order valence-corrected chi connectivity index (χ0v) is 14.6. The van der Waals surface area contributed by atoms with Crippen LogP contribution in [0.5, 0.6) is 0 Å². The Hall–Kier alpha value is -3.73. The second-order valence-electron chi connectivity index (χ2n) is 6.30. The normalized spacial score (nSPS) is 12.9. The molecule has 1 aliphatic rings. The molecule has 5 heteroatoms. The molecule has 0 unspecified atom stereocenters. The summed E-state index contributed by atoms with van der Waals surface area (Å²) < 4.78 is 0. The predicted octanol–water partition coefficient (Wildman–Crippen LogP) is 3.83. The summed E-state index contributed by atoms with van der Waals surface area (Å²) in [6, 6.07) is 21.7. The highest BCUT2D eigenvalue weighted by Crippen LogP contribution is 2.27. The number of nitrogens with one attached hydrogen (secondary N) is 1. The Morgan fingerprint density at radius 3 is 2.22 bits per heavy atom. The van der Waals surface area contributed by atoms with Gasteiger partial charge in [-0.1, -0.05) is 48.5 Å². The summed E-state index contributed by atoms with van der Waals surface area (Å²) in [5.74, 6) is -0.974. The van der Waals surface area contributed by atoms with E-state index in [2.05, 4.69) is 5.32 Å². The SMILES string of the molecule is CN1C(=O)c2ccc(NC(=O)c3ccccc3-c3ccccc3)cc2C1=O. The zero-order chi connectivity index (χ0) is 19.0. The molecule has 4 rings (SSSR count). The van der Waals surface area contributed by atoms with E-state index in [-0.39, 0.29) is 17.7 Å². The van der Waals surface area contributed by atoms with E-state index in [1.54, 1.807) is 30.3 Å². The largest absolute Gasteiger partial charge is 0.322 e. The fourth-order valence-electron chi connectivity index (χ4n) is 3.19. The van der Waals surface area contributed by atoms with Crippen molar-refractivity contribution >= 4 is 23.4 Å². The van der Waals surface area contributed by atoms with Gasteiger partial charge in [0, 0.05) is 18.3 Å². The van der Waals surface area contributed by atoms with Crippen molar-refractivity contribution in [3.63, 3.8) is 0 Å². The molecule has 5 nitrogen and oxygen atoms in total. The molecule has 0 saturated carbocycles. The van der Waals surface area contributed by atoms with Crippen LogP contribution in [-0.4, -0.2) is 29.7 Å². The van der Waals surface area contributed by atoms with Crippen LogP contribution in [0.4, 0.5) is 5.69 Å². The molecule has 0 bridgehead atoms. The molecule has 27 heavy (non-hydrogen) atoms. The summed E-state index contributed by atoms with van der Waals surface area (Å²) in [6.45, 7) is 0. The van der Waals surface area contributed by atoms with Crippen LogP contribution < -0.4 is 5.32 Å². The molecule has 0 atom stereocenters. The molecule has 1 aliphatic heterocycles. The minimum absolute atomic E-state index is 0.278. The van der Waals surface area contributed by atoms with Crippen molar-refractivity contribution in [3.05, 3.63) is 89.5 Å². The molecule has 0 radical (unpaired) electrons. The van der Waals surface area contributed by atoms with Gasteiger partial charge in [-0.25, -0.2) is 0 Å². The summed E-state index contributed by atoms with van der Waals surface area (Å²) in [6.07, 6.45) is 0. The van der Waals surface area contributed by atoms with Crippen LogP contribution in [0, 0.1) is 0 Å². The van der Waals surface area contributed by atoms with Gasteiger partial charge in [-0.3, -0.25) is 19.3 Å². The molecule has 1 heterocycles. The van der Waals surface area contributed by atoms with Gasteiger partial charge < -0.3 is 5.32 Å². The topological polar surface area (TPSA) is 66.5 Å². The third kappa shape index (κ3) is 2.89. The number of carbonyl (C=O) groups excluding carboxylic acids is 3. The molecule has 0 spiro atoms. The summed E-state index contributed by atoms with van der Waals surface area (Å²) in [7, 11) is 1.44. The standard InChI is InChI=1S/C22H16N2O3/c1-24-21(26)18-12-11-15(13-19(18)22(24)27)23-20(25)17-10-6-5-9-16(17)14-7-3-2-4-8-14/h2-13H,1H3,(H,23,25). The fraction of sp³-hybridized carbons (Fsp3) is 0.0455. The van der Waals surface area contributed by atoms with Crippen molar-refractivity contribution in [1.29, 1.82) is 0 Å². The van der Waals surface area contributed by atoms with Crippen LogP contribution in [0.25, 0.3) is 11.1 Å². The van der Waals surface area contributed by atoms with E-state index in [1.807, 2.05) is 42.5 Å². The molecular formula is C22H16N2O3. The fourth-order valence-corrected chi connectivity index (χ4v) is 3.19. The van der Waals surface area contributed by atoms with Gasteiger partial charge in [0.05, 0.1) is 11.1 Å². The Morgan fingerprint density at radius 2 is 1.44 bits per heavy atom. The maximum atomic E-state index is 12.8. The van der Waals surface area contributed by atoms with E-state index in [1.165, 1.54) is 7.05 Å². The average molecular weight is 356 g/mol. The Bertz CT molecular complexity index is 1070. The summed E-state index contributed by atoms with van der Waals surface area (Å²) in [5, 5.41) is 2.83. The molecule has 0 fully saturated rings. The number of hydrogen-bond donors (Lipinski definition) is 1. The lowest BCUT2D eigenvalue weighted by atomic mass is 9.99. The third-order valence-corrected chi connectivity index (χ3v) is 4.60. The molecule has 3 aromatic rings. The maximum Gasteiger partial charge on any atom is 0.261 e. The maximum absolute atomic E-state index is 12.8. The van der Waals surface area contributed by atoms with Crippen LogP contribution in [0.15, 0.2) is 72.8 Å². The number of imide groups is 1. The second-order valence-corrected chi connectivity index (χ2v) is 6.30. The van der Waals surface area contributed by atoms with Crippen molar-refractivity contribution in [2.24, 2.45) is 0 Å². The Balaban J connectivity index is 1.65. The van der Waals surface area contributed by atoms with Crippen LogP contribution in [0.3, 0.4) is 0 Å². The van der Waals surface area contributed by atoms with Gasteiger partial charge in [-0.05, 0) is 35.4 Å². The lowest BCUT2D eigenvalue weighted by Crippen LogP contribution is -2.24. The summed E-state index contributed by atoms with van der Waals surface area (Å²) in [4.78, 5) is 38.0. The Morgan fingerprint density at radius 1 is 0.778 bits per heavy atom. The molecule has 3 amide bonds. The minimum Gasteiger partial charge on any atom is -0.322 e. The number of carbonyl (C=O) groups is 3. The van der Waals surface area contributed by atoms with Crippen molar-refractivity contribution in [3.8, 4) is 11.1 Å². The molecule has 1 N–H and O–H groups in total. The van der Waals surface area contributed by atoms with Crippen LogP contribution >= 0.6 is 0 Å². The van der Waals surface area contributed by atoms with E-state index in [4.69, 9.17) is 0 Å². The predicted molar refractivity (Wildman–Crippen MR) is 103 cm³/mol. The minimum atomic E-state index is -0.365. The van der Waals surface area contributed by atoms with Crippen LogP contribution in [0.1, 0.15) is 31.1 Å². The Labute approximate surface area is 156 Å². The lowest BCUT2D eigenvalue weighted by molar-refractivity contribution is 0.0692. The third-order valence-electron chi connectivity index (χ3n) is 4.60. The highest BCUT2D eigenvalue weighted by molar-refractivity contribution is 6.21. The van der Waals surface area contributed by atoms with Crippen molar-refractivity contribution in [2.75, 3.05) is 12.4 Å². The van der Waals surface area contributed by atoms with E-state index in [9.17, 15) is 14.4 Å². The van der Waals surface area contributed by atoms with Gasteiger partial charge in [0.1, 0.15) is 0 Å². The Kier molecular flexibility index (Phi) is 4.05.